The minimum Gasteiger partial charge on any atom is -0.369 e. The molecule has 1 aliphatic rings. The maximum Gasteiger partial charge on any atom is 0.254 e. The Morgan fingerprint density at radius 2 is 1.41 bits per heavy atom. The molecule has 6 rings (SSSR count). The van der Waals surface area contributed by atoms with Crippen LogP contribution < -0.4 is 5.32 Å². The summed E-state index contributed by atoms with van der Waals surface area (Å²) >= 11 is 0. The summed E-state index contributed by atoms with van der Waals surface area (Å²) in [6.07, 6.45) is -1.01. The lowest BCUT2D eigenvalue weighted by atomic mass is 9.95. The zero-order valence-electron chi connectivity index (χ0n) is 14.9. The Morgan fingerprint density at radius 3 is 2.04 bits per heavy atom. The summed E-state index contributed by atoms with van der Waals surface area (Å²) < 4.78 is 0. The van der Waals surface area contributed by atoms with Gasteiger partial charge in [0.1, 0.15) is 0 Å². The number of amides is 1. The molecule has 132 valence electrons. The van der Waals surface area contributed by atoms with Crippen molar-refractivity contribution in [2.24, 2.45) is 0 Å². The predicted molar refractivity (Wildman–Crippen MR) is 107 cm³/mol. The SMILES string of the molecule is Cc1ccc2[nH]c3c4[nH]c5ccc(C)cc5c4c4c(c3c2c1)C(=O)NC4O. The van der Waals surface area contributed by atoms with Crippen molar-refractivity contribution in [3.05, 3.63) is 58.7 Å². The number of aryl methyl sites for hydroxylation is 2. The highest BCUT2D eigenvalue weighted by atomic mass is 16.3. The van der Waals surface area contributed by atoms with E-state index in [1.807, 2.05) is 26.0 Å². The molecule has 5 nitrogen and oxygen atoms in total. The van der Waals surface area contributed by atoms with Crippen LogP contribution in [0.5, 0.6) is 0 Å². The minimum absolute atomic E-state index is 0.228. The lowest BCUT2D eigenvalue weighted by molar-refractivity contribution is 0.0853. The molecule has 1 unspecified atom stereocenters. The zero-order chi connectivity index (χ0) is 18.4. The Bertz CT molecular complexity index is 1460. The number of carbonyl (C=O) groups excluding carboxylic acids is 1. The number of rotatable bonds is 0. The van der Waals surface area contributed by atoms with Crippen LogP contribution in [0.2, 0.25) is 0 Å². The van der Waals surface area contributed by atoms with E-state index in [9.17, 15) is 9.90 Å². The Balaban J connectivity index is 1.98. The van der Waals surface area contributed by atoms with E-state index in [4.69, 9.17) is 0 Å². The topological polar surface area (TPSA) is 80.9 Å². The third kappa shape index (κ3) is 1.74. The van der Waals surface area contributed by atoms with Crippen molar-refractivity contribution in [2.75, 3.05) is 0 Å². The Hall–Kier alpha value is -3.31. The average Bonchev–Trinajstić information content (AvgIpc) is 3.26. The highest BCUT2D eigenvalue weighted by molar-refractivity contribution is 6.30. The van der Waals surface area contributed by atoms with Crippen molar-refractivity contribution in [1.29, 1.82) is 0 Å². The van der Waals surface area contributed by atoms with E-state index in [0.29, 0.717) is 11.1 Å². The molecule has 3 aromatic carbocycles. The first-order valence-corrected chi connectivity index (χ1v) is 9.02. The van der Waals surface area contributed by atoms with Gasteiger partial charge in [-0.25, -0.2) is 0 Å². The van der Waals surface area contributed by atoms with E-state index in [-0.39, 0.29) is 5.91 Å². The van der Waals surface area contributed by atoms with E-state index in [2.05, 4.69) is 39.6 Å². The van der Waals surface area contributed by atoms with E-state index >= 15 is 0 Å². The summed E-state index contributed by atoms with van der Waals surface area (Å²) in [4.78, 5) is 19.8. The van der Waals surface area contributed by atoms with Crippen LogP contribution in [0.25, 0.3) is 43.6 Å². The van der Waals surface area contributed by atoms with Crippen LogP contribution in [0.4, 0.5) is 0 Å². The molecule has 2 aromatic heterocycles. The predicted octanol–water partition coefficient (Wildman–Crippen LogP) is 4.31. The molecule has 27 heavy (non-hydrogen) atoms. The standard InChI is InChI=1S/C22H17N3O2/c1-9-3-5-13-11(7-9)15-17-18(22(27)25-21(17)26)16-12-8-10(2)4-6-14(12)24-20(16)19(15)23-13/h3-8,21,23-24,26H,1-2H3,(H,25,27). The normalized spacial score (nSPS) is 16.7. The molecule has 3 heterocycles. The number of hydrogen-bond acceptors (Lipinski definition) is 2. The van der Waals surface area contributed by atoms with Crippen molar-refractivity contribution in [3.63, 3.8) is 0 Å². The molecule has 0 saturated carbocycles. The van der Waals surface area contributed by atoms with Crippen LogP contribution >= 0.6 is 0 Å². The smallest absolute Gasteiger partial charge is 0.254 e. The largest absolute Gasteiger partial charge is 0.369 e. The molecule has 0 fully saturated rings. The van der Waals surface area contributed by atoms with Gasteiger partial charge in [0, 0.05) is 38.1 Å². The number of H-pyrrole nitrogens is 2. The van der Waals surface area contributed by atoms with E-state index < -0.39 is 6.23 Å². The minimum atomic E-state index is -1.01. The second-order valence-electron chi connectivity index (χ2n) is 7.51. The van der Waals surface area contributed by atoms with Gasteiger partial charge in [0.15, 0.2) is 6.23 Å². The molecule has 0 bridgehead atoms. The molecule has 1 amide bonds. The summed E-state index contributed by atoms with van der Waals surface area (Å²) in [6.45, 7) is 4.08. The molecule has 5 aromatic rings. The van der Waals surface area contributed by atoms with Crippen LogP contribution in [-0.4, -0.2) is 21.0 Å². The lowest BCUT2D eigenvalue weighted by Crippen LogP contribution is -2.18. The van der Waals surface area contributed by atoms with Gasteiger partial charge < -0.3 is 20.4 Å². The fourth-order valence-electron chi connectivity index (χ4n) is 4.56. The van der Waals surface area contributed by atoms with Gasteiger partial charge in [-0.1, -0.05) is 23.3 Å². The molecule has 0 aliphatic carbocycles. The highest BCUT2D eigenvalue weighted by Crippen LogP contribution is 2.44. The van der Waals surface area contributed by atoms with Crippen LogP contribution in [0.3, 0.4) is 0 Å². The Morgan fingerprint density at radius 1 is 0.852 bits per heavy atom. The molecule has 0 radical (unpaired) electrons. The second-order valence-corrected chi connectivity index (χ2v) is 7.51. The van der Waals surface area contributed by atoms with Crippen LogP contribution in [0, 0.1) is 13.8 Å². The van der Waals surface area contributed by atoms with Gasteiger partial charge >= 0.3 is 0 Å². The van der Waals surface area contributed by atoms with E-state index in [1.165, 1.54) is 0 Å². The Labute approximate surface area is 154 Å². The quantitative estimate of drug-likeness (QED) is 0.334. The van der Waals surface area contributed by atoms with E-state index in [1.54, 1.807) is 0 Å². The number of benzene rings is 3. The summed E-state index contributed by atoms with van der Waals surface area (Å²) in [6, 6.07) is 12.4. The number of fused-ring (bicyclic) bond motifs is 10. The summed E-state index contributed by atoms with van der Waals surface area (Å²) in [7, 11) is 0. The number of carbonyl (C=O) groups is 1. The van der Waals surface area contributed by atoms with Crippen molar-refractivity contribution in [1.82, 2.24) is 15.3 Å². The highest BCUT2D eigenvalue weighted by Gasteiger charge is 2.34. The molecule has 1 atom stereocenters. The molecule has 5 heteroatoms. The van der Waals surface area contributed by atoms with Crippen LogP contribution in [0.15, 0.2) is 36.4 Å². The number of aromatic amines is 2. The van der Waals surface area contributed by atoms with Gasteiger partial charge in [0.2, 0.25) is 0 Å². The Kier molecular flexibility index (Phi) is 2.58. The van der Waals surface area contributed by atoms with Gasteiger partial charge in [-0.2, -0.15) is 0 Å². The van der Waals surface area contributed by atoms with Gasteiger partial charge in [-0.15, -0.1) is 0 Å². The van der Waals surface area contributed by atoms with Crippen LogP contribution in [0.1, 0.15) is 33.3 Å². The van der Waals surface area contributed by atoms with Crippen molar-refractivity contribution >= 4 is 49.5 Å². The maximum atomic E-state index is 12.8. The van der Waals surface area contributed by atoms with E-state index in [0.717, 1.165) is 54.7 Å². The zero-order valence-corrected chi connectivity index (χ0v) is 14.9. The monoisotopic (exact) mass is 355 g/mol. The summed E-state index contributed by atoms with van der Waals surface area (Å²) in [5.41, 5.74) is 7.31. The number of aliphatic hydroxyl groups excluding tert-OH is 1. The molecule has 0 saturated heterocycles. The first-order chi connectivity index (χ1) is 13.0. The molecule has 4 N–H and O–H groups in total. The number of aliphatic hydroxyl groups is 1. The van der Waals surface area contributed by atoms with Crippen molar-refractivity contribution in [3.8, 4) is 0 Å². The number of nitrogens with one attached hydrogen (secondary N) is 3. The number of aromatic nitrogens is 2. The third-order valence-electron chi connectivity index (χ3n) is 5.72. The van der Waals surface area contributed by atoms with Gasteiger partial charge in [0.05, 0.1) is 16.6 Å². The first-order valence-electron chi connectivity index (χ1n) is 9.02. The maximum absolute atomic E-state index is 12.8. The first kappa shape index (κ1) is 14.8. The van der Waals surface area contributed by atoms with Gasteiger partial charge in [-0.05, 0) is 38.1 Å². The molecular formula is C22H17N3O2. The van der Waals surface area contributed by atoms with Crippen LogP contribution in [-0.2, 0) is 0 Å². The fourth-order valence-corrected chi connectivity index (χ4v) is 4.56. The second kappa shape index (κ2) is 4.69. The lowest BCUT2D eigenvalue weighted by Gasteiger charge is -2.07. The summed E-state index contributed by atoms with van der Waals surface area (Å²) in [5, 5.41) is 17.2. The molecular weight excluding hydrogens is 338 g/mol. The van der Waals surface area contributed by atoms with Gasteiger partial charge in [-0.3, -0.25) is 4.79 Å². The number of hydrogen-bond donors (Lipinski definition) is 4. The molecule has 0 spiro atoms. The van der Waals surface area contributed by atoms with Crippen molar-refractivity contribution in [2.45, 2.75) is 20.1 Å². The summed E-state index contributed by atoms with van der Waals surface area (Å²) in [5.74, 6) is -0.228. The van der Waals surface area contributed by atoms with Crippen molar-refractivity contribution < 1.29 is 9.90 Å². The third-order valence-corrected chi connectivity index (χ3v) is 5.72. The van der Waals surface area contributed by atoms with Gasteiger partial charge in [0.25, 0.3) is 5.91 Å². The fraction of sp³-hybridized carbons (Fsp3) is 0.136. The molecule has 1 aliphatic heterocycles. The average molecular weight is 355 g/mol.